The zero-order chi connectivity index (χ0) is 15.0. The Morgan fingerprint density at radius 1 is 1.29 bits per heavy atom. The molecule has 2 bridgehead atoms. The lowest BCUT2D eigenvalue weighted by Crippen LogP contribution is -2.40. The molecule has 0 aliphatic heterocycles. The van der Waals surface area contributed by atoms with E-state index in [-0.39, 0.29) is 16.5 Å². The molecule has 0 aromatic heterocycles. The Balaban J connectivity index is 1.79. The Labute approximate surface area is 126 Å². The summed E-state index contributed by atoms with van der Waals surface area (Å²) in [6, 6.07) is 8.24. The van der Waals surface area contributed by atoms with Crippen LogP contribution in [0, 0.1) is 29.1 Å². The first-order valence-corrected chi connectivity index (χ1v) is 9.01. The maximum absolute atomic E-state index is 12.5. The normalized spacial score (nSPS) is 29.2. The number of sulfonamides is 1. The van der Waals surface area contributed by atoms with Gasteiger partial charge in [-0.1, -0.05) is 18.6 Å². The molecule has 0 saturated heterocycles. The van der Waals surface area contributed by atoms with Gasteiger partial charge in [0.15, 0.2) is 0 Å². The predicted octanol–water partition coefficient (Wildman–Crippen LogP) is 2.66. The van der Waals surface area contributed by atoms with Crippen LogP contribution in [0.15, 0.2) is 29.2 Å². The van der Waals surface area contributed by atoms with Crippen molar-refractivity contribution in [3.05, 3.63) is 29.8 Å². The van der Waals surface area contributed by atoms with Crippen LogP contribution in [0.5, 0.6) is 0 Å². The van der Waals surface area contributed by atoms with Gasteiger partial charge in [0.05, 0.1) is 10.5 Å². The fourth-order valence-electron chi connectivity index (χ4n) is 4.10. The van der Waals surface area contributed by atoms with Crippen LogP contribution >= 0.6 is 0 Å². The number of rotatable bonds is 4. The van der Waals surface area contributed by atoms with Gasteiger partial charge in [-0.05, 0) is 56.1 Å². The van der Waals surface area contributed by atoms with E-state index in [1.165, 1.54) is 31.4 Å². The minimum atomic E-state index is -3.63. The molecule has 1 N–H and O–H groups in total. The Morgan fingerprint density at radius 2 is 2.05 bits per heavy atom. The lowest BCUT2D eigenvalue weighted by Gasteiger charge is -2.28. The van der Waals surface area contributed by atoms with Crippen LogP contribution in [-0.2, 0) is 10.0 Å². The fourth-order valence-corrected chi connectivity index (χ4v) is 5.55. The van der Waals surface area contributed by atoms with Gasteiger partial charge in [-0.15, -0.1) is 0 Å². The van der Waals surface area contributed by atoms with Crippen molar-refractivity contribution in [2.75, 3.05) is 0 Å². The van der Waals surface area contributed by atoms with Gasteiger partial charge in [-0.3, -0.25) is 0 Å². The second kappa shape index (κ2) is 5.43. The van der Waals surface area contributed by atoms with Crippen LogP contribution in [0.3, 0.4) is 0 Å². The largest absolute Gasteiger partial charge is 0.242 e. The number of hydrogen-bond donors (Lipinski definition) is 1. The Bertz CT molecular complexity index is 678. The molecule has 4 nitrogen and oxygen atoms in total. The van der Waals surface area contributed by atoms with Crippen molar-refractivity contribution in [2.45, 2.75) is 43.5 Å². The van der Waals surface area contributed by atoms with Crippen LogP contribution in [0.4, 0.5) is 0 Å². The van der Waals surface area contributed by atoms with Crippen LogP contribution in [0.25, 0.3) is 0 Å². The molecule has 21 heavy (non-hydrogen) atoms. The third-order valence-electron chi connectivity index (χ3n) is 5.07. The SMILES string of the molecule is C[C@@H](NS(=O)(=O)c1ccccc1C#N)[C@@H]1C[C@H]2CC[C@H]1C2. The molecule has 2 aliphatic rings. The van der Waals surface area contributed by atoms with Crippen molar-refractivity contribution >= 4 is 10.0 Å². The maximum Gasteiger partial charge on any atom is 0.242 e. The Morgan fingerprint density at radius 3 is 2.67 bits per heavy atom. The molecule has 1 aromatic carbocycles. The van der Waals surface area contributed by atoms with Crippen LogP contribution in [-0.4, -0.2) is 14.5 Å². The summed E-state index contributed by atoms with van der Waals surface area (Å²) >= 11 is 0. The van der Waals surface area contributed by atoms with Crippen molar-refractivity contribution in [3.63, 3.8) is 0 Å². The first kappa shape index (κ1) is 14.6. The molecule has 1 aromatic rings. The van der Waals surface area contributed by atoms with Crippen molar-refractivity contribution in [3.8, 4) is 6.07 Å². The zero-order valence-corrected chi connectivity index (χ0v) is 12.9. The average Bonchev–Trinajstić information content (AvgIpc) is 3.09. The van der Waals surface area contributed by atoms with Crippen LogP contribution < -0.4 is 4.72 Å². The summed E-state index contributed by atoms with van der Waals surface area (Å²) in [5.41, 5.74) is 0.199. The van der Waals surface area contributed by atoms with Crippen molar-refractivity contribution in [1.29, 1.82) is 5.26 Å². The number of fused-ring (bicyclic) bond motifs is 2. The molecule has 0 amide bonds. The second-order valence-corrected chi connectivity index (χ2v) is 8.04. The molecular formula is C16H20N2O2S. The topological polar surface area (TPSA) is 70.0 Å². The summed E-state index contributed by atoms with van der Waals surface area (Å²) in [5, 5.41) is 9.07. The number of benzene rings is 1. The van der Waals surface area contributed by atoms with Gasteiger partial charge >= 0.3 is 0 Å². The van der Waals surface area contributed by atoms with Crippen molar-refractivity contribution in [2.24, 2.45) is 17.8 Å². The summed E-state index contributed by atoms with van der Waals surface area (Å²) in [7, 11) is -3.63. The van der Waals surface area contributed by atoms with Crippen molar-refractivity contribution < 1.29 is 8.42 Å². The van der Waals surface area contributed by atoms with Gasteiger partial charge in [0.2, 0.25) is 10.0 Å². The van der Waals surface area contributed by atoms with E-state index >= 15 is 0 Å². The van der Waals surface area contributed by atoms with E-state index in [9.17, 15) is 8.42 Å². The molecule has 2 fully saturated rings. The molecule has 112 valence electrons. The zero-order valence-electron chi connectivity index (χ0n) is 12.1. The van der Waals surface area contributed by atoms with E-state index in [4.69, 9.17) is 5.26 Å². The molecule has 3 rings (SSSR count). The lowest BCUT2D eigenvalue weighted by molar-refractivity contribution is 0.280. The minimum Gasteiger partial charge on any atom is -0.208 e. The Hall–Kier alpha value is -1.38. The summed E-state index contributed by atoms with van der Waals surface area (Å²) in [5.74, 6) is 1.89. The third-order valence-corrected chi connectivity index (χ3v) is 6.69. The maximum atomic E-state index is 12.5. The molecule has 0 unspecified atom stereocenters. The highest BCUT2D eigenvalue weighted by Crippen LogP contribution is 2.49. The van der Waals surface area contributed by atoms with E-state index < -0.39 is 10.0 Å². The summed E-state index contributed by atoms with van der Waals surface area (Å²) in [6.07, 6.45) is 4.92. The molecule has 0 heterocycles. The molecular weight excluding hydrogens is 284 g/mol. The van der Waals surface area contributed by atoms with Crippen LogP contribution in [0.2, 0.25) is 0 Å². The van der Waals surface area contributed by atoms with Crippen molar-refractivity contribution in [1.82, 2.24) is 4.72 Å². The highest BCUT2D eigenvalue weighted by atomic mass is 32.2. The quantitative estimate of drug-likeness (QED) is 0.929. The van der Waals surface area contributed by atoms with Gasteiger partial charge < -0.3 is 0 Å². The van der Waals surface area contributed by atoms with Gasteiger partial charge in [0.25, 0.3) is 0 Å². The highest BCUT2D eigenvalue weighted by molar-refractivity contribution is 7.89. The molecule has 2 aliphatic carbocycles. The van der Waals surface area contributed by atoms with E-state index in [1.807, 2.05) is 13.0 Å². The standard InChI is InChI=1S/C16H20N2O2S/c1-11(15-9-12-6-7-13(15)8-12)18-21(19,20)16-5-3-2-4-14(16)10-17/h2-5,11-13,15,18H,6-9H2,1H3/t11-,12+,13+,15+/m1/s1. The van der Waals surface area contributed by atoms with E-state index in [0.29, 0.717) is 11.8 Å². The summed E-state index contributed by atoms with van der Waals surface area (Å²) in [4.78, 5) is 0.0857. The summed E-state index contributed by atoms with van der Waals surface area (Å²) < 4.78 is 27.8. The predicted molar refractivity (Wildman–Crippen MR) is 79.9 cm³/mol. The van der Waals surface area contributed by atoms with E-state index in [0.717, 1.165) is 12.3 Å². The first-order valence-electron chi connectivity index (χ1n) is 7.52. The third kappa shape index (κ3) is 2.70. The first-order chi connectivity index (χ1) is 10.0. The average molecular weight is 304 g/mol. The smallest absolute Gasteiger partial charge is 0.208 e. The van der Waals surface area contributed by atoms with Crippen LogP contribution in [0.1, 0.15) is 38.2 Å². The number of nitrogens with one attached hydrogen (secondary N) is 1. The summed E-state index contributed by atoms with van der Waals surface area (Å²) in [6.45, 7) is 1.96. The van der Waals surface area contributed by atoms with Gasteiger partial charge in [-0.2, -0.15) is 5.26 Å². The monoisotopic (exact) mass is 304 g/mol. The fraction of sp³-hybridized carbons (Fsp3) is 0.562. The molecule has 5 heteroatoms. The minimum absolute atomic E-state index is 0.0722. The molecule has 4 atom stereocenters. The molecule has 2 saturated carbocycles. The molecule has 0 radical (unpaired) electrons. The Kier molecular flexibility index (Phi) is 3.76. The van der Waals surface area contributed by atoms with Gasteiger partial charge in [0, 0.05) is 6.04 Å². The highest BCUT2D eigenvalue weighted by Gasteiger charge is 2.42. The van der Waals surface area contributed by atoms with Gasteiger partial charge in [0.1, 0.15) is 6.07 Å². The van der Waals surface area contributed by atoms with E-state index in [2.05, 4.69) is 4.72 Å². The van der Waals surface area contributed by atoms with E-state index in [1.54, 1.807) is 12.1 Å². The number of nitriles is 1. The van der Waals surface area contributed by atoms with Gasteiger partial charge in [-0.25, -0.2) is 13.1 Å². The molecule has 0 spiro atoms. The lowest BCUT2D eigenvalue weighted by atomic mass is 9.84. The second-order valence-electron chi connectivity index (χ2n) is 6.36. The number of nitrogens with zero attached hydrogens (tertiary/aromatic N) is 1. The number of hydrogen-bond acceptors (Lipinski definition) is 3.